The van der Waals surface area contributed by atoms with Crippen molar-refractivity contribution in [3.05, 3.63) is 42.1 Å². The summed E-state index contributed by atoms with van der Waals surface area (Å²) in [6.45, 7) is 6.53. The first-order valence-corrected chi connectivity index (χ1v) is 8.75. The summed E-state index contributed by atoms with van der Waals surface area (Å²) in [7, 11) is 0. The Morgan fingerprint density at radius 3 is 2.64 bits per heavy atom. The average molecular weight is 340 g/mol. The summed E-state index contributed by atoms with van der Waals surface area (Å²) in [5.41, 5.74) is 1.31. The van der Waals surface area contributed by atoms with Crippen molar-refractivity contribution >= 4 is 11.7 Å². The summed E-state index contributed by atoms with van der Waals surface area (Å²) in [5.74, 6) is 1.17. The quantitative estimate of drug-likeness (QED) is 0.906. The van der Waals surface area contributed by atoms with Crippen LogP contribution in [0.1, 0.15) is 30.8 Å². The number of morpholine rings is 1. The summed E-state index contributed by atoms with van der Waals surface area (Å²) < 4.78 is 5.33. The van der Waals surface area contributed by atoms with Crippen LogP contribution in [0.5, 0.6) is 0 Å². The van der Waals surface area contributed by atoms with Gasteiger partial charge in [0.25, 0.3) is 5.91 Å². The third-order valence-electron chi connectivity index (χ3n) is 4.28. The summed E-state index contributed by atoms with van der Waals surface area (Å²) in [4.78, 5) is 23.8. The number of anilines is 1. The Morgan fingerprint density at radius 2 is 1.96 bits per heavy atom. The maximum atomic E-state index is 12.8. The van der Waals surface area contributed by atoms with Gasteiger partial charge in [0, 0.05) is 30.8 Å². The number of benzene rings is 1. The number of nitrogens with zero attached hydrogens (tertiary/aromatic N) is 3. The van der Waals surface area contributed by atoms with E-state index in [1.807, 2.05) is 30.3 Å². The summed E-state index contributed by atoms with van der Waals surface area (Å²) in [6.07, 6.45) is 0.970. The zero-order valence-electron chi connectivity index (χ0n) is 14.7. The van der Waals surface area contributed by atoms with Crippen LogP contribution in [0.3, 0.4) is 0 Å². The van der Waals surface area contributed by atoms with E-state index >= 15 is 0 Å². The Hall–Kier alpha value is -2.47. The van der Waals surface area contributed by atoms with Crippen LogP contribution in [0.25, 0.3) is 11.4 Å². The van der Waals surface area contributed by atoms with Crippen molar-refractivity contribution in [2.75, 3.05) is 31.6 Å². The van der Waals surface area contributed by atoms with E-state index in [1.165, 1.54) is 0 Å². The highest BCUT2D eigenvalue weighted by molar-refractivity contribution is 5.93. The number of aromatic nitrogens is 2. The number of nitrogens with one attached hydrogen (secondary N) is 1. The average Bonchev–Trinajstić information content (AvgIpc) is 2.68. The minimum absolute atomic E-state index is 0.0740. The van der Waals surface area contributed by atoms with Crippen molar-refractivity contribution in [1.82, 2.24) is 14.9 Å². The predicted octanol–water partition coefficient (Wildman–Crippen LogP) is 2.83. The van der Waals surface area contributed by atoms with Gasteiger partial charge in [-0.05, 0) is 13.3 Å². The monoisotopic (exact) mass is 340 g/mol. The molecule has 0 aliphatic carbocycles. The van der Waals surface area contributed by atoms with Gasteiger partial charge in [-0.3, -0.25) is 4.79 Å². The fourth-order valence-electron chi connectivity index (χ4n) is 2.63. The number of ether oxygens (including phenoxy) is 1. The number of hydrogen-bond acceptors (Lipinski definition) is 5. The van der Waals surface area contributed by atoms with Gasteiger partial charge in [0.2, 0.25) is 0 Å². The normalized spacial score (nSPS) is 15.7. The van der Waals surface area contributed by atoms with E-state index in [1.54, 1.807) is 11.0 Å². The van der Waals surface area contributed by atoms with Crippen molar-refractivity contribution < 1.29 is 9.53 Å². The molecule has 6 nitrogen and oxygen atoms in total. The molecule has 1 N–H and O–H groups in total. The Morgan fingerprint density at radius 1 is 1.24 bits per heavy atom. The van der Waals surface area contributed by atoms with Gasteiger partial charge < -0.3 is 15.0 Å². The number of hydrogen-bond donors (Lipinski definition) is 1. The van der Waals surface area contributed by atoms with Crippen LogP contribution in [0.2, 0.25) is 0 Å². The fourth-order valence-corrected chi connectivity index (χ4v) is 2.63. The van der Waals surface area contributed by atoms with E-state index in [9.17, 15) is 4.79 Å². The van der Waals surface area contributed by atoms with Crippen LogP contribution >= 0.6 is 0 Å². The largest absolute Gasteiger partial charge is 0.378 e. The van der Waals surface area contributed by atoms with E-state index in [2.05, 4.69) is 29.1 Å². The first kappa shape index (κ1) is 17.4. The SMILES string of the molecule is CCC(C)Nc1cc(C(=O)N2CCOCC2)nc(-c2ccccc2)n1. The van der Waals surface area contributed by atoms with Gasteiger partial charge in [0.15, 0.2) is 5.82 Å². The zero-order valence-corrected chi connectivity index (χ0v) is 14.7. The molecule has 3 rings (SSSR count). The molecule has 0 spiro atoms. The van der Waals surface area contributed by atoms with Gasteiger partial charge in [0.05, 0.1) is 13.2 Å². The molecule has 0 saturated carbocycles. The summed E-state index contributed by atoms with van der Waals surface area (Å²) >= 11 is 0. The lowest BCUT2D eigenvalue weighted by atomic mass is 10.2. The Labute approximate surface area is 148 Å². The van der Waals surface area contributed by atoms with Crippen molar-refractivity contribution in [3.8, 4) is 11.4 Å². The van der Waals surface area contributed by atoms with E-state index < -0.39 is 0 Å². The zero-order chi connectivity index (χ0) is 17.6. The lowest BCUT2D eigenvalue weighted by Crippen LogP contribution is -2.41. The minimum atomic E-state index is -0.0740. The van der Waals surface area contributed by atoms with Crippen LogP contribution in [0, 0.1) is 0 Å². The second-order valence-electron chi connectivity index (χ2n) is 6.19. The van der Waals surface area contributed by atoms with Gasteiger partial charge in [-0.2, -0.15) is 0 Å². The molecule has 6 heteroatoms. The Balaban J connectivity index is 1.95. The maximum absolute atomic E-state index is 12.8. The van der Waals surface area contributed by atoms with Gasteiger partial charge in [-0.15, -0.1) is 0 Å². The number of carbonyl (C=O) groups excluding carboxylic acids is 1. The highest BCUT2D eigenvalue weighted by Gasteiger charge is 2.21. The van der Waals surface area contributed by atoms with E-state index in [0.717, 1.165) is 12.0 Å². The topological polar surface area (TPSA) is 67.4 Å². The van der Waals surface area contributed by atoms with Crippen LogP contribution < -0.4 is 5.32 Å². The standard InChI is InChI=1S/C19H24N4O2/c1-3-14(2)20-17-13-16(19(24)23-9-11-25-12-10-23)21-18(22-17)15-7-5-4-6-8-15/h4-8,13-14H,3,9-12H2,1-2H3,(H,20,21,22). The highest BCUT2D eigenvalue weighted by Crippen LogP contribution is 2.19. The van der Waals surface area contributed by atoms with Crippen molar-refractivity contribution in [3.63, 3.8) is 0 Å². The minimum Gasteiger partial charge on any atom is -0.378 e. The third kappa shape index (κ3) is 4.33. The van der Waals surface area contributed by atoms with Crippen molar-refractivity contribution in [2.24, 2.45) is 0 Å². The van der Waals surface area contributed by atoms with Gasteiger partial charge in [0.1, 0.15) is 11.5 Å². The number of rotatable bonds is 5. The molecule has 1 aliphatic rings. The second kappa shape index (κ2) is 8.07. The van der Waals surface area contributed by atoms with Crippen LogP contribution in [-0.4, -0.2) is 53.1 Å². The second-order valence-corrected chi connectivity index (χ2v) is 6.19. The summed E-state index contributed by atoms with van der Waals surface area (Å²) in [5, 5.41) is 3.35. The van der Waals surface area contributed by atoms with Crippen molar-refractivity contribution in [1.29, 1.82) is 0 Å². The lowest BCUT2D eigenvalue weighted by Gasteiger charge is -2.26. The van der Waals surface area contributed by atoms with E-state index in [0.29, 0.717) is 43.6 Å². The molecular weight excluding hydrogens is 316 g/mol. The lowest BCUT2D eigenvalue weighted by molar-refractivity contribution is 0.0299. The van der Waals surface area contributed by atoms with Gasteiger partial charge in [-0.25, -0.2) is 9.97 Å². The van der Waals surface area contributed by atoms with Crippen LogP contribution in [0.15, 0.2) is 36.4 Å². The van der Waals surface area contributed by atoms with Crippen LogP contribution in [-0.2, 0) is 4.74 Å². The molecule has 1 saturated heterocycles. The summed E-state index contributed by atoms with van der Waals surface area (Å²) in [6, 6.07) is 11.7. The van der Waals surface area contributed by atoms with Crippen LogP contribution in [0.4, 0.5) is 5.82 Å². The Kier molecular flexibility index (Phi) is 5.60. The molecule has 1 amide bonds. The molecule has 2 heterocycles. The molecule has 1 fully saturated rings. The molecule has 1 aromatic carbocycles. The van der Waals surface area contributed by atoms with E-state index in [4.69, 9.17) is 4.74 Å². The molecule has 0 radical (unpaired) electrons. The first-order valence-electron chi connectivity index (χ1n) is 8.75. The number of carbonyl (C=O) groups is 1. The molecule has 2 aromatic rings. The third-order valence-corrected chi connectivity index (χ3v) is 4.28. The molecule has 25 heavy (non-hydrogen) atoms. The predicted molar refractivity (Wildman–Crippen MR) is 97.6 cm³/mol. The van der Waals surface area contributed by atoms with E-state index in [-0.39, 0.29) is 11.9 Å². The smallest absolute Gasteiger partial charge is 0.272 e. The molecular formula is C19H24N4O2. The van der Waals surface area contributed by atoms with Gasteiger partial charge >= 0.3 is 0 Å². The molecule has 0 bridgehead atoms. The highest BCUT2D eigenvalue weighted by atomic mass is 16.5. The Bertz CT molecular complexity index is 715. The molecule has 1 atom stereocenters. The molecule has 1 unspecified atom stereocenters. The fraction of sp³-hybridized carbons (Fsp3) is 0.421. The van der Waals surface area contributed by atoms with Crippen molar-refractivity contribution in [2.45, 2.75) is 26.3 Å². The van der Waals surface area contributed by atoms with Gasteiger partial charge in [-0.1, -0.05) is 37.3 Å². The maximum Gasteiger partial charge on any atom is 0.272 e. The molecule has 1 aliphatic heterocycles. The number of amides is 1. The molecule has 132 valence electrons. The first-order chi connectivity index (χ1) is 12.2. The molecule has 1 aromatic heterocycles.